The minimum atomic E-state index is -0.162. The number of hydrogen-bond acceptors (Lipinski definition) is 0. The van der Waals surface area contributed by atoms with Gasteiger partial charge in [-0.2, -0.15) is 0 Å². The van der Waals surface area contributed by atoms with Crippen molar-refractivity contribution in [3.8, 4) is 0 Å². The van der Waals surface area contributed by atoms with Crippen LogP contribution in [0.2, 0.25) is 5.54 Å². The van der Waals surface area contributed by atoms with Crippen LogP contribution in [0.3, 0.4) is 0 Å². The van der Waals surface area contributed by atoms with Crippen LogP contribution in [0.1, 0.15) is 13.8 Å². The second kappa shape index (κ2) is 4.62. The van der Waals surface area contributed by atoms with Crippen molar-refractivity contribution in [2.45, 2.75) is 19.4 Å². The van der Waals surface area contributed by atoms with Crippen LogP contribution in [0.15, 0.2) is 54.1 Å². The summed E-state index contributed by atoms with van der Waals surface area (Å²) >= 11 is 0. The molecule has 0 nitrogen and oxygen atoms in total. The zero-order chi connectivity index (χ0) is 10.7. The summed E-state index contributed by atoms with van der Waals surface area (Å²) in [4.78, 5) is 0. The first-order valence-electron chi connectivity index (χ1n) is 5.69. The standard InChI is InChI=1S/C14H18Si/c1-11(2)12-8-9-14(10-12)15-13-6-4-3-5-7-13/h3-11,14H,15H2,1-2H3. The van der Waals surface area contributed by atoms with Crippen LogP contribution < -0.4 is 5.19 Å². The Labute approximate surface area is 94.5 Å². The van der Waals surface area contributed by atoms with Crippen LogP contribution in [0.4, 0.5) is 0 Å². The fourth-order valence-corrected chi connectivity index (χ4v) is 3.74. The van der Waals surface area contributed by atoms with Crippen LogP contribution in [0, 0.1) is 5.92 Å². The Balaban J connectivity index is 2.02. The molecule has 0 spiro atoms. The average Bonchev–Trinajstić information content (AvgIpc) is 2.68. The van der Waals surface area contributed by atoms with Crippen LogP contribution in [0.25, 0.3) is 0 Å². The minimum Gasteiger partial charge on any atom is -0.0803 e. The van der Waals surface area contributed by atoms with Crippen molar-refractivity contribution in [3.63, 3.8) is 0 Å². The highest BCUT2D eigenvalue weighted by atomic mass is 28.2. The highest BCUT2D eigenvalue weighted by Crippen LogP contribution is 2.24. The molecule has 0 amide bonds. The molecule has 0 bridgehead atoms. The Hall–Kier alpha value is -1.08. The largest absolute Gasteiger partial charge is 0.0803 e. The van der Waals surface area contributed by atoms with E-state index in [1.54, 1.807) is 5.19 Å². The summed E-state index contributed by atoms with van der Waals surface area (Å²) in [6.45, 7) is 4.53. The van der Waals surface area contributed by atoms with Crippen LogP contribution >= 0.6 is 0 Å². The minimum absolute atomic E-state index is 0.162. The van der Waals surface area contributed by atoms with Crippen molar-refractivity contribution < 1.29 is 0 Å². The van der Waals surface area contributed by atoms with Gasteiger partial charge in [-0.3, -0.25) is 0 Å². The first kappa shape index (κ1) is 10.4. The molecule has 0 fully saturated rings. The molecule has 1 aliphatic carbocycles. The van der Waals surface area contributed by atoms with Crippen LogP contribution in [-0.2, 0) is 0 Å². The normalized spacial score (nSPS) is 20.5. The maximum atomic E-state index is 2.46. The highest BCUT2D eigenvalue weighted by Gasteiger charge is 2.12. The van der Waals surface area contributed by atoms with Gasteiger partial charge in [0.1, 0.15) is 0 Å². The van der Waals surface area contributed by atoms with E-state index in [1.165, 1.54) is 5.57 Å². The zero-order valence-electron chi connectivity index (χ0n) is 9.48. The van der Waals surface area contributed by atoms with E-state index in [0.717, 1.165) is 5.54 Å². The summed E-state index contributed by atoms with van der Waals surface area (Å²) in [6, 6.07) is 10.9. The van der Waals surface area contributed by atoms with Crippen LogP contribution in [-0.4, -0.2) is 9.52 Å². The lowest BCUT2D eigenvalue weighted by Gasteiger charge is -2.05. The molecule has 0 aliphatic heterocycles. The molecule has 1 aliphatic rings. The Kier molecular flexibility index (Phi) is 3.22. The molecule has 1 heteroatoms. The molecule has 0 saturated heterocycles. The smallest absolute Gasteiger partial charge is 0.0663 e. The Morgan fingerprint density at radius 2 is 1.87 bits per heavy atom. The molecule has 0 radical (unpaired) electrons. The molecule has 78 valence electrons. The monoisotopic (exact) mass is 214 g/mol. The molecular formula is C14H18Si. The second-order valence-electron chi connectivity index (χ2n) is 4.53. The molecule has 15 heavy (non-hydrogen) atoms. The molecule has 0 N–H and O–H groups in total. The van der Waals surface area contributed by atoms with Gasteiger partial charge in [0.15, 0.2) is 0 Å². The third-order valence-electron chi connectivity index (χ3n) is 2.92. The van der Waals surface area contributed by atoms with Gasteiger partial charge in [-0.15, -0.1) is 0 Å². The van der Waals surface area contributed by atoms with E-state index in [-0.39, 0.29) is 9.52 Å². The SMILES string of the molecule is CC(C)C1=CC([SiH2]c2ccccc2)C=C1. The molecule has 0 saturated carbocycles. The lowest BCUT2D eigenvalue weighted by molar-refractivity contribution is 0.793. The maximum absolute atomic E-state index is 2.46. The number of rotatable bonds is 3. The Morgan fingerprint density at radius 3 is 2.47 bits per heavy atom. The van der Waals surface area contributed by atoms with Crippen molar-refractivity contribution in [3.05, 3.63) is 54.1 Å². The van der Waals surface area contributed by atoms with E-state index in [4.69, 9.17) is 0 Å². The summed E-state index contributed by atoms with van der Waals surface area (Å²) in [5, 5.41) is 1.56. The van der Waals surface area contributed by atoms with E-state index >= 15 is 0 Å². The van der Waals surface area contributed by atoms with Gasteiger partial charge < -0.3 is 0 Å². The fourth-order valence-electron chi connectivity index (χ4n) is 1.99. The number of allylic oxidation sites excluding steroid dienone is 4. The van der Waals surface area contributed by atoms with Gasteiger partial charge in [-0.1, -0.05) is 67.6 Å². The lowest BCUT2D eigenvalue weighted by atomic mass is 10.1. The van der Waals surface area contributed by atoms with E-state index in [9.17, 15) is 0 Å². The molecule has 1 aromatic carbocycles. The third-order valence-corrected chi connectivity index (χ3v) is 4.85. The average molecular weight is 214 g/mol. The number of hydrogen-bond donors (Lipinski definition) is 0. The van der Waals surface area contributed by atoms with E-state index in [0.29, 0.717) is 5.92 Å². The van der Waals surface area contributed by atoms with Gasteiger partial charge in [0.05, 0.1) is 9.52 Å². The maximum Gasteiger partial charge on any atom is 0.0663 e. The highest BCUT2D eigenvalue weighted by molar-refractivity contribution is 6.56. The Morgan fingerprint density at radius 1 is 1.13 bits per heavy atom. The van der Waals surface area contributed by atoms with Gasteiger partial charge in [-0.25, -0.2) is 0 Å². The van der Waals surface area contributed by atoms with Crippen molar-refractivity contribution in [2.24, 2.45) is 5.92 Å². The van der Waals surface area contributed by atoms with E-state index in [1.807, 2.05) is 0 Å². The number of benzene rings is 1. The van der Waals surface area contributed by atoms with Gasteiger partial charge in [0.2, 0.25) is 0 Å². The first-order chi connectivity index (χ1) is 7.25. The predicted octanol–water partition coefficient (Wildman–Crippen LogP) is 2.42. The summed E-state index contributed by atoms with van der Waals surface area (Å²) in [5.74, 6) is 0.677. The molecule has 0 aromatic heterocycles. The predicted molar refractivity (Wildman–Crippen MR) is 70.4 cm³/mol. The van der Waals surface area contributed by atoms with Gasteiger partial charge in [0, 0.05) is 0 Å². The topological polar surface area (TPSA) is 0 Å². The molecule has 1 atom stereocenters. The lowest BCUT2D eigenvalue weighted by Crippen LogP contribution is -2.16. The van der Waals surface area contributed by atoms with Crippen molar-refractivity contribution >= 4 is 14.7 Å². The molecule has 2 rings (SSSR count). The van der Waals surface area contributed by atoms with E-state index in [2.05, 4.69) is 62.4 Å². The molecular weight excluding hydrogens is 196 g/mol. The second-order valence-corrected chi connectivity index (χ2v) is 6.70. The quantitative estimate of drug-likeness (QED) is 0.678. The van der Waals surface area contributed by atoms with Gasteiger partial charge >= 0.3 is 0 Å². The fraction of sp³-hybridized carbons (Fsp3) is 0.286. The molecule has 1 unspecified atom stereocenters. The third kappa shape index (κ3) is 2.69. The van der Waals surface area contributed by atoms with Crippen LogP contribution in [0.5, 0.6) is 0 Å². The van der Waals surface area contributed by atoms with Crippen molar-refractivity contribution in [1.82, 2.24) is 0 Å². The van der Waals surface area contributed by atoms with Crippen molar-refractivity contribution in [1.29, 1.82) is 0 Å². The summed E-state index contributed by atoms with van der Waals surface area (Å²) < 4.78 is 0. The zero-order valence-corrected chi connectivity index (χ0v) is 10.9. The first-order valence-corrected chi connectivity index (χ1v) is 7.22. The molecule has 0 heterocycles. The van der Waals surface area contributed by atoms with Crippen molar-refractivity contribution in [2.75, 3.05) is 0 Å². The summed E-state index contributed by atoms with van der Waals surface area (Å²) in [6.07, 6.45) is 7.16. The van der Waals surface area contributed by atoms with E-state index < -0.39 is 0 Å². The Bertz CT molecular complexity index is 374. The van der Waals surface area contributed by atoms with Gasteiger partial charge in [-0.05, 0) is 17.0 Å². The summed E-state index contributed by atoms with van der Waals surface area (Å²) in [5.41, 5.74) is 2.26. The summed E-state index contributed by atoms with van der Waals surface area (Å²) in [7, 11) is -0.162. The molecule has 1 aromatic rings. The van der Waals surface area contributed by atoms with Gasteiger partial charge in [0.25, 0.3) is 0 Å².